The Labute approximate surface area is 207 Å². The van der Waals surface area contributed by atoms with Gasteiger partial charge in [-0.25, -0.2) is 4.68 Å². The minimum absolute atomic E-state index is 0.0605. The molecule has 1 saturated heterocycles. The van der Waals surface area contributed by atoms with Crippen LogP contribution in [0.4, 0.5) is 5.69 Å². The number of pyridine rings is 1. The second-order valence-electron chi connectivity index (χ2n) is 9.18. The highest BCUT2D eigenvalue weighted by Gasteiger charge is 2.35. The fraction of sp³-hybridized carbons (Fsp3) is 0.385. The lowest BCUT2D eigenvalue weighted by Crippen LogP contribution is -2.35. The van der Waals surface area contributed by atoms with Crippen molar-refractivity contribution in [1.29, 1.82) is 0 Å². The highest BCUT2D eigenvalue weighted by atomic mass is 16.5. The molecule has 0 aliphatic carbocycles. The van der Waals surface area contributed by atoms with Gasteiger partial charge in [0, 0.05) is 35.9 Å². The van der Waals surface area contributed by atoms with Gasteiger partial charge < -0.3 is 24.1 Å². The molecule has 0 bridgehead atoms. The zero-order chi connectivity index (χ0) is 24.6. The molecule has 186 valence electrons. The highest BCUT2D eigenvalue weighted by Crippen LogP contribution is 2.38. The van der Waals surface area contributed by atoms with E-state index in [0.717, 1.165) is 43.5 Å². The average molecular weight is 489 g/mol. The van der Waals surface area contributed by atoms with Gasteiger partial charge in [0.1, 0.15) is 6.04 Å². The number of nitrogens with one attached hydrogen (secondary N) is 1. The predicted molar refractivity (Wildman–Crippen MR) is 134 cm³/mol. The third-order valence-electron chi connectivity index (χ3n) is 7.11. The molecule has 2 aromatic carbocycles. The number of para-hydroxylation sites is 1. The molecule has 2 aromatic heterocycles. The first-order chi connectivity index (χ1) is 17.7. The Morgan fingerprint density at radius 1 is 1.17 bits per heavy atom. The topological polar surface area (TPSA) is 107 Å². The summed E-state index contributed by atoms with van der Waals surface area (Å²) in [4.78, 5) is 18.9. The van der Waals surface area contributed by atoms with Crippen LogP contribution in [0, 0.1) is 0 Å². The molecule has 2 aliphatic heterocycles. The number of fused-ring (bicyclic) bond motifs is 2. The lowest BCUT2D eigenvalue weighted by atomic mass is 10.0. The van der Waals surface area contributed by atoms with Crippen molar-refractivity contribution in [3.05, 3.63) is 69.8 Å². The molecule has 10 heteroatoms. The number of nitrogens with zero attached hydrogens (tertiary/aromatic N) is 5. The predicted octanol–water partition coefficient (Wildman–Crippen LogP) is 2.86. The number of hydrogen-bond donors (Lipinski definition) is 1. The SMILES string of the molecule is COc1cc2cc([C@H](c3nnnn3C[C@@H]3CCCO3)N3CCc4ccccc43)c(=O)[nH]c2cc1OC. The molecule has 1 fully saturated rings. The van der Waals surface area contributed by atoms with E-state index >= 15 is 0 Å². The summed E-state index contributed by atoms with van der Waals surface area (Å²) in [6.45, 7) is 2.05. The van der Waals surface area contributed by atoms with Crippen LogP contribution in [0.5, 0.6) is 11.5 Å². The Bertz CT molecular complexity index is 1460. The third kappa shape index (κ3) is 3.87. The number of ether oxygens (including phenoxy) is 3. The monoisotopic (exact) mass is 488 g/mol. The summed E-state index contributed by atoms with van der Waals surface area (Å²) >= 11 is 0. The van der Waals surface area contributed by atoms with Crippen LogP contribution >= 0.6 is 0 Å². The van der Waals surface area contributed by atoms with Gasteiger partial charge in [0.15, 0.2) is 17.3 Å². The minimum Gasteiger partial charge on any atom is -0.493 e. The molecule has 0 amide bonds. The van der Waals surface area contributed by atoms with Crippen molar-refractivity contribution in [2.24, 2.45) is 0 Å². The van der Waals surface area contributed by atoms with Crippen LogP contribution in [0.25, 0.3) is 10.9 Å². The lowest BCUT2D eigenvalue weighted by molar-refractivity contribution is 0.0924. The molecule has 4 heterocycles. The van der Waals surface area contributed by atoms with Crippen molar-refractivity contribution in [1.82, 2.24) is 25.2 Å². The number of H-pyrrole nitrogens is 1. The molecule has 2 aliphatic rings. The summed E-state index contributed by atoms with van der Waals surface area (Å²) in [5, 5.41) is 13.6. The van der Waals surface area contributed by atoms with Gasteiger partial charge in [-0.2, -0.15) is 0 Å². The van der Waals surface area contributed by atoms with Crippen LogP contribution in [0.1, 0.15) is 35.8 Å². The molecule has 2 atom stereocenters. The first kappa shape index (κ1) is 22.5. The molecule has 0 spiro atoms. The summed E-state index contributed by atoms with van der Waals surface area (Å²) in [6, 6.07) is 13.4. The van der Waals surface area contributed by atoms with E-state index in [1.54, 1.807) is 25.0 Å². The third-order valence-corrected chi connectivity index (χ3v) is 7.11. The van der Waals surface area contributed by atoms with Gasteiger partial charge >= 0.3 is 0 Å². The number of aromatic nitrogens is 5. The number of aromatic amines is 1. The first-order valence-corrected chi connectivity index (χ1v) is 12.2. The molecular formula is C26H28N6O4. The van der Waals surface area contributed by atoms with E-state index in [9.17, 15) is 4.79 Å². The Hall–Kier alpha value is -3.92. The van der Waals surface area contributed by atoms with E-state index < -0.39 is 6.04 Å². The van der Waals surface area contributed by atoms with Gasteiger partial charge in [-0.1, -0.05) is 18.2 Å². The summed E-state index contributed by atoms with van der Waals surface area (Å²) in [5.41, 5.74) is 3.36. The van der Waals surface area contributed by atoms with E-state index in [1.807, 2.05) is 24.3 Å². The summed E-state index contributed by atoms with van der Waals surface area (Å²) in [5.74, 6) is 1.76. The van der Waals surface area contributed by atoms with Crippen molar-refractivity contribution in [2.45, 2.75) is 38.0 Å². The standard InChI is InChI=1S/C26H28N6O4/c1-34-22-13-17-12-19(26(33)27-20(17)14-23(22)35-2)24(31-10-9-16-6-3-4-8-21(16)31)25-28-29-30-32(25)15-18-7-5-11-36-18/h3-4,6,8,12-14,18,24H,5,7,9-11,15H2,1-2H3,(H,27,33)/t18-,24+/m0/s1. The molecule has 0 unspecified atom stereocenters. The number of methoxy groups -OCH3 is 2. The van der Waals surface area contributed by atoms with Crippen molar-refractivity contribution in [3.8, 4) is 11.5 Å². The largest absolute Gasteiger partial charge is 0.493 e. The number of benzene rings is 2. The maximum atomic E-state index is 13.6. The Kier molecular flexibility index (Phi) is 5.80. The number of tetrazole rings is 1. The van der Waals surface area contributed by atoms with Crippen molar-refractivity contribution in [3.63, 3.8) is 0 Å². The van der Waals surface area contributed by atoms with Crippen molar-refractivity contribution in [2.75, 3.05) is 32.3 Å². The molecule has 0 saturated carbocycles. The van der Waals surface area contributed by atoms with Crippen LogP contribution in [-0.4, -0.2) is 58.7 Å². The minimum atomic E-state index is -0.480. The zero-order valence-electron chi connectivity index (χ0n) is 20.3. The highest BCUT2D eigenvalue weighted by molar-refractivity contribution is 5.83. The fourth-order valence-electron chi connectivity index (χ4n) is 5.35. The second-order valence-corrected chi connectivity index (χ2v) is 9.18. The van der Waals surface area contributed by atoms with Gasteiger partial charge in [0.05, 0.1) is 32.4 Å². The van der Waals surface area contributed by atoms with E-state index in [1.165, 1.54) is 5.56 Å². The van der Waals surface area contributed by atoms with E-state index in [-0.39, 0.29) is 11.7 Å². The first-order valence-electron chi connectivity index (χ1n) is 12.2. The number of hydrogen-bond acceptors (Lipinski definition) is 8. The van der Waals surface area contributed by atoms with Crippen LogP contribution in [0.15, 0.2) is 47.3 Å². The molecule has 0 radical (unpaired) electrons. The van der Waals surface area contributed by atoms with E-state index in [0.29, 0.717) is 34.9 Å². The quantitative estimate of drug-likeness (QED) is 0.423. The van der Waals surface area contributed by atoms with Crippen LogP contribution in [0.3, 0.4) is 0 Å². The maximum Gasteiger partial charge on any atom is 0.254 e. The molecule has 4 aromatic rings. The van der Waals surface area contributed by atoms with Gasteiger partial charge in [-0.3, -0.25) is 4.79 Å². The molecule has 1 N–H and O–H groups in total. The number of rotatable bonds is 7. The second kappa shape index (κ2) is 9.27. The van der Waals surface area contributed by atoms with Gasteiger partial charge in [0.2, 0.25) is 0 Å². The molecular weight excluding hydrogens is 460 g/mol. The Morgan fingerprint density at radius 2 is 2.00 bits per heavy atom. The maximum absolute atomic E-state index is 13.6. The van der Waals surface area contributed by atoms with Crippen LogP contribution in [0.2, 0.25) is 0 Å². The van der Waals surface area contributed by atoms with Gasteiger partial charge in [-0.05, 0) is 53.5 Å². The summed E-state index contributed by atoms with van der Waals surface area (Å²) < 4.78 is 18.6. The smallest absolute Gasteiger partial charge is 0.254 e. The normalized spacial score (nSPS) is 17.9. The van der Waals surface area contributed by atoms with Crippen LogP contribution in [-0.2, 0) is 17.7 Å². The summed E-state index contributed by atoms with van der Waals surface area (Å²) in [6.07, 6.45) is 2.94. The molecule has 36 heavy (non-hydrogen) atoms. The van der Waals surface area contributed by atoms with E-state index in [2.05, 4.69) is 37.5 Å². The zero-order valence-corrected chi connectivity index (χ0v) is 20.3. The van der Waals surface area contributed by atoms with Gasteiger partial charge in [-0.15, -0.1) is 5.10 Å². The molecule has 10 nitrogen and oxygen atoms in total. The van der Waals surface area contributed by atoms with E-state index in [4.69, 9.17) is 14.2 Å². The van der Waals surface area contributed by atoms with Crippen molar-refractivity contribution < 1.29 is 14.2 Å². The summed E-state index contributed by atoms with van der Waals surface area (Å²) in [7, 11) is 3.17. The molecule has 6 rings (SSSR count). The average Bonchev–Trinajstić information content (AvgIpc) is 3.67. The lowest BCUT2D eigenvalue weighted by Gasteiger charge is -2.29. The van der Waals surface area contributed by atoms with Crippen LogP contribution < -0.4 is 19.9 Å². The number of anilines is 1. The fourth-order valence-corrected chi connectivity index (χ4v) is 5.35. The van der Waals surface area contributed by atoms with Gasteiger partial charge in [0.25, 0.3) is 5.56 Å². The Morgan fingerprint density at radius 3 is 2.81 bits per heavy atom. The van der Waals surface area contributed by atoms with Crippen molar-refractivity contribution >= 4 is 16.6 Å². The Balaban J connectivity index is 1.51.